The Labute approximate surface area is 120 Å². The quantitative estimate of drug-likeness (QED) is 0.890. The van der Waals surface area contributed by atoms with Crippen molar-refractivity contribution in [2.24, 2.45) is 0 Å². The Balaban J connectivity index is 0.00000144. The molecule has 4 nitrogen and oxygen atoms in total. The highest BCUT2D eigenvalue weighted by Crippen LogP contribution is 2.05. The Morgan fingerprint density at radius 1 is 1.50 bits per heavy atom. The first-order chi connectivity index (χ1) is 7.75. The van der Waals surface area contributed by atoms with Crippen LogP contribution in [0, 0.1) is 6.92 Å². The number of nitrogens with zero attached hydrogens (tertiary/aromatic N) is 1. The molecule has 1 aromatic rings. The van der Waals surface area contributed by atoms with E-state index >= 15 is 0 Å². The third-order valence-electron chi connectivity index (χ3n) is 2.82. The van der Waals surface area contributed by atoms with Crippen molar-refractivity contribution in [2.75, 3.05) is 6.54 Å². The molecule has 0 bridgehead atoms. The van der Waals surface area contributed by atoms with Crippen molar-refractivity contribution in [3.63, 3.8) is 0 Å². The Hall–Kier alpha value is -0.840. The third-order valence-corrected chi connectivity index (χ3v) is 2.82. The predicted octanol–water partition coefficient (Wildman–Crippen LogP) is 1.60. The molecule has 1 amide bonds. The van der Waals surface area contributed by atoms with E-state index < -0.39 is 0 Å². The van der Waals surface area contributed by atoms with Gasteiger partial charge in [-0.1, -0.05) is 6.07 Å². The van der Waals surface area contributed by atoms with Crippen molar-refractivity contribution in [3.8, 4) is 0 Å². The lowest BCUT2D eigenvalue weighted by Crippen LogP contribution is -2.40. The van der Waals surface area contributed by atoms with Gasteiger partial charge in [-0.25, -0.2) is 0 Å². The maximum absolute atomic E-state index is 11.7. The van der Waals surface area contributed by atoms with Crippen molar-refractivity contribution >= 4 is 30.7 Å². The van der Waals surface area contributed by atoms with Gasteiger partial charge in [-0.05, 0) is 37.9 Å². The molecule has 1 atom stereocenters. The lowest BCUT2D eigenvalue weighted by Gasteiger charge is -2.10. The lowest BCUT2D eigenvalue weighted by atomic mass is 10.2. The summed E-state index contributed by atoms with van der Waals surface area (Å²) in [7, 11) is 0. The van der Waals surface area contributed by atoms with E-state index in [1.165, 1.54) is 0 Å². The molecule has 6 heteroatoms. The smallest absolute Gasteiger partial charge is 0.237 e. The summed E-state index contributed by atoms with van der Waals surface area (Å²) >= 11 is 0. The molecule has 0 saturated carbocycles. The number of pyridine rings is 1. The number of halogens is 2. The first-order valence-corrected chi connectivity index (χ1v) is 5.68. The summed E-state index contributed by atoms with van der Waals surface area (Å²) in [5.74, 6) is 0.0954. The van der Waals surface area contributed by atoms with Gasteiger partial charge in [0.15, 0.2) is 0 Å². The second-order valence-electron chi connectivity index (χ2n) is 4.17. The van der Waals surface area contributed by atoms with E-state index in [9.17, 15) is 4.79 Å². The van der Waals surface area contributed by atoms with Crippen LogP contribution in [0.1, 0.15) is 24.1 Å². The van der Waals surface area contributed by atoms with E-state index in [4.69, 9.17) is 0 Å². The van der Waals surface area contributed by atoms with Crippen LogP contribution in [0.15, 0.2) is 18.3 Å². The van der Waals surface area contributed by atoms with Gasteiger partial charge < -0.3 is 10.6 Å². The van der Waals surface area contributed by atoms with Crippen molar-refractivity contribution in [1.82, 2.24) is 15.6 Å². The van der Waals surface area contributed by atoms with Crippen molar-refractivity contribution in [1.29, 1.82) is 0 Å². The zero-order chi connectivity index (χ0) is 11.4. The molecule has 0 aromatic carbocycles. The van der Waals surface area contributed by atoms with E-state index in [1.54, 1.807) is 6.20 Å². The Morgan fingerprint density at radius 3 is 2.83 bits per heavy atom. The van der Waals surface area contributed by atoms with Crippen LogP contribution in [0.3, 0.4) is 0 Å². The summed E-state index contributed by atoms with van der Waals surface area (Å²) in [6.07, 6.45) is 3.83. The zero-order valence-electron chi connectivity index (χ0n) is 10.3. The molecule has 0 aliphatic carbocycles. The normalized spacial score (nSPS) is 17.5. The second-order valence-corrected chi connectivity index (χ2v) is 4.17. The molecular formula is C12H19Cl2N3O. The van der Waals surface area contributed by atoms with Crippen molar-refractivity contribution in [3.05, 3.63) is 29.6 Å². The average Bonchev–Trinajstić information content (AvgIpc) is 2.81. The third kappa shape index (κ3) is 4.80. The monoisotopic (exact) mass is 291 g/mol. The molecular weight excluding hydrogens is 273 g/mol. The minimum Gasteiger partial charge on any atom is -0.351 e. The molecule has 1 aromatic heterocycles. The van der Waals surface area contributed by atoms with Crippen LogP contribution in [0.25, 0.3) is 0 Å². The Bertz CT molecular complexity index is 364. The number of hydrogen-bond acceptors (Lipinski definition) is 3. The van der Waals surface area contributed by atoms with E-state index in [1.807, 2.05) is 19.1 Å². The van der Waals surface area contributed by atoms with Crippen LogP contribution in [0.2, 0.25) is 0 Å². The van der Waals surface area contributed by atoms with Gasteiger partial charge in [-0.3, -0.25) is 9.78 Å². The minimum absolute atomic E-state index is 0. The van der Waals surface area contributed by atoms with Crippen LogP contribution in [-0.4, -0.2) is 23.5 Å². The maximum Gasteiger partial charge on any atom is 0.237 e. The summed E-state index contributed by atoms with van der Waals surface area (Å²) in [5, 5.41) is 6.09. The number of amides is 1. The molecule has 2 heterocycles. The summed E-state index contributed by atoms with van der Waals surface area (Å²) < 4.78 is 0. The fourth-order valence-electron chi connectivity index (χ4n) is 1.82. The number of carbonyl (C=O) groups is 1. The van der Waals surface area contributed by atoms with E-state index in [2.05, 4.69) is 15.6 Å². The first-order valence-electron chi connectivity index (χ1n) is 5.68. The Kier molecular flexibility index (Phi) is 7.91. The number of carbonyl (C=O) groups excluding carboxylic acids is 1. The number of rotatable bonds is 3. The van der Waals surface area contributed by atoms with Gasteiger partial charge in [-0.15, -0.1) is 24.8 Å². The number of aromatic nitrogens is 1. The van der Waals surface area contributed by atoms with E-state index in [0.717, 1.165) is 30.6 Å². The van der Waals surface area contributed by atoms with Crippen molar-refractivity contribution < 1.29 is 4.79 Å². The Morgan fingerprint density at radius 2 is 2.28 bits per heavy atom. The van der Waals surface area contributed by atoms with Gasteiger partial charge in [0.25, 0.3) is 0 Å². The molecule has 18 heavy (non-hydrogen) atoms. The molecule has 1 saturated heterocycles. The molecule has 0 spiro atoms. The summed E-state index contributed by atoms with van der Waals surface area (Å²) in [4.78, 5) is 15.9. The SMILES string of the molecule is Cc1ccc(CNC(=O)C2CCCN2)cn1.Cl.Cl. The zero-order valence-corrected chi connectivity index (χ0v) is 11.9. The van der Waals surface area contributed by atoms with Crippen LogP contribution >= 0.6 is 24.8 Å². The van der Waals surface area contributed by atoms with Crippen molar-refractivity contribution in [2.45, 2.75) is 32.4 Å². The minimum atomic E-state index is -0.00147. The number of nitrogens with one attached hydrogen (secondary N) is 2. The first kappa shape index (κ1) is 17.2. The molecule has 1 unspecified atom stereocenters. The maximum atomic E-state index is 11.7. The fraction of sp³-hybridized carbons (Fsp3) is 0.500. The van der Waals surface area contributed by atoms with E-state index in [-0.39, 0.29) is 36.8 Å². The molecule has 2 rings (SSSR count). The van der Waals surface area contributed by atoms with E-state index in [0.29, 0.717) is 6.54 Å². The van der Waals surface area contributed by atoms with Gasteiger partial charge in [0.1, 0.15) is 0 Å². The summed E-state index contributed by atoms with van der Waals surface area (Å²) in [6, 6.07) is 3.94. The highest BCUT2D eigenvalue weighted by Gasteiger charge is 2.21. The fourth-order valence-corrected chi connectivity index (χ4v) is 1.82. The van der Waals surface area contributed by atoms with Crippen LogP contribution < -0.4 is 10.6 Å². The van der Waals surface area contributed by atoms with Gasteiger partial charge >= 0.3 is 0 Å². The van der Waals surface area contributed by atoms with Crippen LogP contribution in [-0.2, 0) is 11.3 Å². The van der Waals surface area contributed by atoms with Gasteiger partial charge in [0.2, 0.25) is 5.91 Å². The standard InChI is InChI=1S/C12H17N3O.2ClH/c1-9-4-5-10(7-14-9)8-15-12(16)11-3-2-6-13-11;;/h4-5,7,11,13H,2-3,6,8H2,1H3,(H,15,16);2*1H. The molecule has 102 valence electrons. The molecule has 1 aliphatic heterocycles. The molecule has 0 radical (unpaired) electrons. The number of aryl methyl sites for hydroxylation is 1. The average molecular weight is 292 g/mol. The largest absolute Gasteiger partial charge is 0.351 e. The predicted molar refractivity (Wildman–Crippen MR) is 76.3 cm³/mol. The molecule has 1 aliphatic rings. The van der Waals surface area contributed by atoms with Gasteiger partial charge in [-0.2, -0.15) is 0 Å². The summed E-state index contributed by atoms with van der Waals surface area (Å²) in [5.41, 5.74) is 2.03. The highest BCUT2D eigenvalue weighted by atomic mass is 35.5. The number of hydrogen-bond donors (Lipinski definition) is 2. The molecule has 2 N–H and O–H groups in total. The van der Waals surface area contributed by atoms with Crippen LogP contribution in [0.4, 0.5) is 0 Å². The van der Waals surface area contributed by atoms with Crippen LogP contribution in [0.5, 0.6) is 0 Å². The second kappa shape index (κ2) is 8.29. The van der Waals surface area contributed by atoms with Gasteiger partial charge in [0.05, 0.1) is 6.04 Å². The lowest BCUT2D eigenvalue weighted by molar-refractivity contribution is -0.122. The summed E-state index contributed by atoms with van der Waals surface area (Å²) in [6.45, 7) is 3.46. The van der Waals surface area contributed by atoms with Gasteiger partial charge in [0, 0.05) is 18.4 Å². The highest BCUT2D eigenvalue weighted by molar-refractivity contribution is 5.85. The molecule has 1 fully saturated rings. The topological polar surface area (TPSA) is 54.0 Å².